The van der Waals surface area contributed by atoms with Crippen LogP contribution in [0.3, 0.4) is 0 Å². The van der Waals surface area contributed by atoms with Crippen molar-refractivity contribution in [2.75, 3.05) is 6.54 Å². The molecule has 0 aliphatic carbocycles. The minimum Gasteiger partial charge on any atom is -0.481 e. The van der Waals surface area contributed by atoms with Gasteiger partial charge in [0.25, 0.3) is 0 Å². The Labute approximate surface area is 111 Å². The topological polar surface area (TPSA) is 66.4 Å². The van der Waals surface area contributed by atoms with Crippen molar-refractivity contribution in [3.05, 3.63) is 35.6 Å². The van der Waals surface area contributed by atoms with Crippen molar-refractivity contribution in [1.29, 1.82) is 0 Å². The first kappa shape index (κ1) is 15.1. The summed E-state index contributed by atoms with van der Waals surface area (Å²) in [7, 11) is 0. The second kappa shape index (κ2) is 6.87. The first-order valence-electron chi connectivity index (χ1n) is 6.15. The number of hydrogen-bond acceptors (Lipinski definition) is 2. The van der Waals surface area contributed by atoms with E-state index in [-0.39, 0.29) is 30.6 Å². The molecule has 0 aromatic heterocycles. The van der Waals surface area contributed by atoms with Gasteiger partial charge in [-0.15, -0.1) is 0 Å². The highest BCUT2D eigenvalue weighted by atomic mass is 19.1. The number of carbonyl (C=O) groups excluding carboxylic acids is 1. The Kier molecular flexibility index (Phi) is 5.48. The van der Waals surface area contributed by atoms with Crippen LogP contribution < -0.4 is 5.32 Å². The van der Waals surface area contributed by atoms with Crippen LogP contribution in [0.1, 0.15) is 31.7 Å². The van der Waals surface area contributed by atoms with Gasteiger partial charge in [-0.25, -0.2) is 4.39 Å². The molecule has 2 N–H and O–H groups in total. The van der Waals surface area contributed by atoms with Gasteiger partial charge in [0.2, 0.25) is 5.91 Å². The number of halogens is 1. The van der Waals surface area contributed by atoms with Crippen molar-refractivity contribution in [3.8, 4) is 0 Å². The fourth-order valence-corrected chi connectivity index (χ4v) is 1.64. The number of hydrogen-bond donors (Lipinski definition) is 2. The van der Waals surface area contributed by atoms with E-state index in [0.717, 1.165) is 5.56 Å². The van der Waals surface area contributed by atoms with E-state index in [1.54, 1.807) is 12.1 Å². The predicted octanol–water partition coefficient (Wildman–Crippen LogP) is 2.16. The smallest absolute Gasteiger partial charge is 0.308 e. The molecule has 0 aliphatic rings. The lowest BCUT2D eigenvalue weighted by Crippen LogP contribution is -2.32. The van der Waals surface area contributed by atoms with E-state index < -0.39 is 11.9 Å². The minimum absolute atomic E-state index is 0.101. The third-order valence-electron chi connectivity index (χ3n) is 2.94. The number of carbonyl (C=O) groups is 2. The molecule has 0 saturated carbocycles. The van der Waals surface area contributed by atoms with E-state index in [2.05, 4.69) is 5.32 Å². The molecule has 1 rings (SSSR count). The van der Waals surface area contributed by atoms with E-state index in [9.17, 15) is 14.0 Å². The first-order valence-corrected chi connectivity index (χ1v) is 6.15. The molecule has 0 radical (unpaired) electrons. The summed E-state index contributed by atoms with van der Waals surface area (Å²) in [5.41, 5.74) is 0.751. The molecule has 19 heavy (non-hydrogen) atoms. The number of benzene rings is 1. The van der Waals surface area contributed by atoms with Gasteiger partial charge >= 0.3 is 5.97 Å². The van der Waals surface area contributed by atoms with E-state index in [0.29, 0.717) is 0 Å². The van der Waals surface area contributed by atoms with Gasteiger partial charge < -0.3 is 10.4 Å². The third-order valence-corrected chi connectivity index (χ3v) is 2.94. The maximum Gasteiger partial charge on any atom is 0.308 e. The van der Waals surface area contributed by atoms with E-state index in [4.69, 9.17) is 5.11 Å². The van der Waals surface area contributed by atoms with Crippen molar-refractivity contribution in [2.24, 2.45) is 5.92 Å². The standard InChI is InChI=1S/C14H18FNO3/c1-9(11-4-3-5-12(15)7-11)6-13(17)16-8-10(2)14(18)19/h3-5,7,9-10H,6,8H2,1-2H3,(H,16,17)(H,18,19). The van der Waals surface area contributed by atoms with Crippen LogP contribution in [0.15, 0.2) is 24.3 Å². The predicted molar refractivity (Wildman–Crippen MR) is 69.2 cm³/mol. The molecule has 1 amide bonds. The van der Waals surface area contributed by atoms with Gasteiger partial charge in [0, 0.05) is 13.0 Å². The quantitative estimate of drug-likeness (QED) is 0.830. The van der Waals surface area contributed by atoms with Gasteiger partial charge in [0.15, 0.2) is 0 Å². The third kappa shape index (κ3) is 5.07. The Hall–Kier alpha value is -1.91. The van der Waals surface area contributed by atoms with Gasteiger partial charge in [-0.3, -0.25) is 9.59 Å². The maximum absolute atomic E-state index is 13.0. The van der Waals surface area contributed by atoms with Crippen LogP contribution >= 0.6 is 0 Å². The van der Waals surface area contributed by atoms with Crippen molar-refractivity contribution < 1.29 is 19.1 Å². The van der Waals surface area contributed by atoms with Crippen molar-refractivity contribution in [1.82, 2.24) is 5.32 Å². The Morgan fingerprint density at radius 1 is 1.37 bits per heavy atom. The molecule has 2 atom stereocenters. The number of aliphatic carboxylic acids is 1. The van der Waals surface area contributed by atoms with Crippen molar-refractivity contribution in [3.63, 3.8) is 0 Å². The van der Waals surface area contributed by atoms with Crippen LogP contribution in [0.2, 0.25) is 0 Å². The zero-order valence-electron chi connectivity index (χ0n) is 11.0. The Balaban J connectivity index is 2.46. The summed E-state index contributed by atoms with van der Waals surface area (Å²) in [6.45, 7) is 3.46. The highest BCUT2D eigenvalue weighted by Gasteiger charge is 2.15. The zero-order chi connectivity index (χ0) is 14.4. The second-order valence-corrected chi connectivity index (χ2v) is 4.70. The van der Waals surface area contributed by atoms with Crippen LogP contribution in [-0.4, -0.2) is 23.5 Å². The molecular weight excluding hydrogens is 249 g/mol. The number of nitrogens with one attached hydrogen (secondary N) is 1. The number of amides is 1. The van der Waals surface area contributed by atoms with Crippen molar-refractivity contribution >= 4 is 11.9 Å². The molecule has 0 spiro atoms. The molecule has 1 aromatic rings. The molecule has 0 heterocycles. The lowest BCUT2D eigenvalue weighted by atomic mass is 9.97. The summed E-state index contributed by atoms with van der Waals surface area (Å²) in [4.78, 5) is 22.2. The molecule has 0 fully saturated rings. The highest BCUT2D eigenvalue weighted by molar-refractivity contribution is 5.78. The second-order valence-electron chi connectivity index (χ2n) is 4.70. The molecule has 2 unspecified atom stereocenters. The van der Waals surface area contributed by atoms with E-state index in [1.165, 1.54) is 19.1 Å². The van der Waals surface area contributed by atoms with Crippen molar-refractivity contribution in [2.45, 2.75) is 26.2 Å². The molecule has 5 heteroatoms. The largest absolute Gasteiger partial charge is 0.481 e. The Morgan fingerprint density at radius 2 is 2.05 bits per heavy atom. The van der Waals surface area contributed by atoms with Crippen LogP contribution in [-0.2, 0) is 9.59 Å². The molecule has 104 valence electrons. The lowest BCUT2D eigenvalue weighted by Gasteiger charge is -2.13. The maximum atomic E-state index is 13.0. The zero-order valence-corrected chi connectivity index (χ0v) is 11.0. The summed E-state index contributed by atoms with van der Waals surface area (Å²) < 4.78 is 13.0. The number of carboxylic acids is 1. The molecule has 0 bridgehead atoms. The van der Waals surface area contributed by atoms with Crippen LogP contribution in [0.5, 0.6) is 0 Å². The molecule has 1 aromatic carbocycles. The molecule has 0 saturated heterocycles. The van der Waals surface area contributed by atoms with Gasteiger partial charge in [-0.05, 0) is 23.6 Å². The average molecular weight is 267 g/mol. The van der Waals surface area contributed by atoms with Crippen LogP contribution in [0.4, 0.5) is 4.39 Å². The van der Waals surface area contributed by atoms with Gasteiger partial charge in [0.05, 0.1) is 5.92 Å². The fraction of sp³-hybridized carbons (Fsp3) is 0.429. The summed E-state index contributed by atoms with van der Waals surface area (Å²) in [6, 6.07) is 6.12. The molecule has 4 nitrogen and oxygen atoms in total. The minimum atomic E-state index is -0.946. The van der Waals surface area contributed by atoms with Crippen LogP contribution in [0.25, 0.3) is 0 Å². The fourth-order valence-electron chi connectivity index (χ4n) is 1.64. The summed E-state index contributed by atoms with van der Waals surface area (Å²) in [6.07, 6.45) is 0.204. The van der Waals surface area contributed by atoms with Crippen LogP contribution in [0, 0.1) is 11.7 Å². The summed E-state index contributed by atoms with van der Waals surface area (Å²) >= 11 is 0. The lowest BCUT2D eigenvalue weighted by molar-refractivity contribution is -0.141. The Bertz CT molecular complexity index is 462. The number of carboxylic acid groups (broad SMARTS) is 1. The van der Waals surface area contributed by atoms with Gasteiger partial charge in [-0.1, -0.05) is 26.0 Å². The first-order chi connectivity index (χ1) is 8.90. The summed E-state index contributed by atoms with van der Waals surface area (Å²) in [5.74, 6) is -2.24. The van der Waals surface area contributed by atoms with Gasteiger partial charge in [-0.2, -0.15) is 0 Å². The normalized spacial score (nSPS) is 13.6. The summed E-state index contributed by atoms with van der Waals surface area (Å²) in [5, 5.41) is 11.3. The molecular formula is C14H18FNO3. The highest BCUT2D eigenvalue weighted by Crippen LogP contribution is 2.19. The monoisotopic (exact) mass is 267 g/mol. The number of rotatable bonds is 6. The molecule has 0 aliphatic heterocycles. The van der Waals surface area contributed by atoms with Gasteiger partial charge in [0.1, 0.15) is 5.82 Å². The Morgan fingerprint density at radius 3 is 2.63 bits per heavy atom. The average Bonchev–Trinajstić information content (AvgIpc) is 2.35. The van der Waals surface area contributed by atoms with E-state index >= 15 is 0 Å². The van der Waals surface area contributed by atoms with E-state index in [1.807, 2.05) is 6.92 Å². The SMILES string of the molecule is CC(CNC(=O)CC(C)c1cccc(F)c1)C(=O)O.